The second-order valence-electron chi connectivity index (χ2n) is 6.32. The number of benzene rings is 1. The lowest BCUT2D eigenvalue weighted by atomic mass is 10.2. The quantitative estimate of drug-likeness (QED) is 0.400. The normalized spacial score (nSPS) is 11.1. The lowest BCUT2D eigenvalue weighted by molar-refractivity contribution is -0.117. The van der Waals surface area contributed by atoms with Crippen molar-refractivity contribution in [3.63, 3.8) is 0 Å². The van der Waals surface area contributed by atoms with Crippen LogP contribution >= 0.6 is 34.8 Å². The fourth-order valence-corrected chi connectivity index (χ4v) is 3.21. The molecule has 0 radical (unpaired) electrons. The van der Waals surface area contributed by atoms with Gasteiger partial charge >= 0.3 is 0 Å². The molecule has 4 rings (SSSR count). The van der Waals surface area contributed by atoms with Crippen molar-refractivity contribution in [2.45, 2.75) is 20.0 Å². The molecule has 0 aliphatic rings. The molecule has 0 saturated carbocycles. The van der Waals surface area contributed by atoms with E-state index in [2.05, 4.69) is 35.7 Å². The first-order chi connectivity index (χ1) is 14.4. The molecular weight excluding hydrogens is 453 g/mol. The van der Waals surface area contributed by atoms with Crippen molar-refractivity contribution >= 4 is 40.6 Å². The molecule has 0 saturated heterocycles. The molecule has 0 unspecified atom stereocenters. The van der Waals surface area contributed by atoms with Gasteiger partial charge in [-0.15, -0.1) is 15.3 Å². The molecule has 1 aromatic carbocycles. The lowest BCUT2D eigenvalue weighted by Crippen LogP contribution is -2.09. The summed E-state index contributed by atoms with van der Waals surface area (Å²) in [6, 6.07) is 3.43. The van der Waals surface area contributed by atoms with Crippen LogP contribution in [-0.2, 0) is 17.9 Å². The van der Waals surface area contributed by atoms with Gasteiger partial charge in [0.05, 0.1) is 33.4 Å². The van der Waals surface area contributed by atoms with E-state index in [1.807, 2.05) is 0 Å². The number of hydrogen-bond acceptors (Lipinski definition) is 8. The Balaban J connectivity index is 1.50. The Morgan fingerprint density at radius 3 is 2.37 bits per heavy atom. The van der Waals surface area contributed by atoms with Crippen LogP contribution in [0.1, 0.15) is 12.5 Å². The van der Waals surface area contributed by atoms with Crippen LogP contribution in [0.15, 0.2) is 30.7 Å². The van der Waals surface area contributed by atoms with Crippen LogP contribution in [-0.4, -0.2) is 51.0 Å². The van der Waals surface area contributed by atoms with Crippen molar-refractivity contribution in [2.75, 3.05) is 0 Å². The fourth-order valence-electron chi connectivity index (χ4n) is 2.57. The topological polar surface area (TPSA) is 117 Å². The Bertz CT molecular complexity index is 1200. The number of Topliss-reactive ketones (excluding diaryl/α,β-unsaturated/α-hetero) is 1. The molecule has 30 heavy (non-hydrogen) atoms. The molecule has 0 aliphatic heterocycles. The average Bonchev–Trinajstić information content (AvgIpc) is 3.35. The van der Waals surface area contributed by atoms with E-state index in [0.717, 1.165) is 5.56 Å². The van der Waals surface area contributed by atoms with E-state index in [-0.39, 0.29) is 12.3 Å². The van der Waals surface area contributed by atoms with Crippen molar-refractivity contribution in [3.8, 4) is 22.9 Å². The molecule has 3 heterocycles. The van der Waals surface area contributed by atoms with Gasteiger partial charge in [-0.3, -0.25) is 4.79 Å². The van der Waals surface area contributed by atoms with Gasteiger partial charge in [0.1, 0.15) is 12.2 Å². The maximum absolute atomic E-state index is 11.1. The Morgan fingerprint density at radius 1 is 1.00 bits per heavy atom. The van der Waals surface area contributed by atoms with Gasteiger partial charge in [0.25, 0.3) is 0 Å². The molecule has 0 bridgehead atoms. The standard InChI is InChI=1S/C17H12Cl3N9O/c1-9(30)6-29-25-16(24-27-29)11-4-21-17(22-5-11)14-8-28(26-23-14)7-10-2-12(18)15(20)13(19)3-10/h2-5,8H,6-7H2,1H3. The number of rotatable bonds is 6. The third-order valence-corrected chi connectivity index (χ3v) is 5.08. The lowest BCUT2D eigenvalue weighted by Gasteiger charge is -2.05. The van der Waals surface area contributed by atoms with Crippen molar-refractivity contribution in [1.82, 2.24) is 45.2 Å². The van der Waals surface area contributed by atoms with Gasteiger partial charge in [0.15, 0.2) is 11.6 Å². The van der Waals surface area contributed by atoms with E-state index in [1.54, 1.807) is 35.4 Å². The van der Waals surface area contributed by atoms with Gasteiger partial charge in [-0.05, 0) is 29.8 Å². The molecule has 3 aromatic heterocycles. The maximum atomic E-state index is 11.1. The highest BCUT2D eigenvalue weighted by molar-refractivity contribution is 6.48. The van der Waals surface area contributed by atoms with Crippen LogP contribution in [0, 0.1) is 0 Å². The summed E-state index contributed by atoms with van der Waals surface area (Å²) in [4.78, 5) is 20.9. The summed E-state index contributed by atoms with van der Waals surface area (Å²) in [6.07, 6.45) is 4.80. The number of halogens is 3. The molecule has 10 nitrogen and oxygen atoms in total. The minimum atomic E-state index is -0.0724. The first-order valence-corrected chi connectivity index (χ1v) is 9.66. The zero-order chi connectivity index (χ0) is 21.3. The number of carbonyl (C=O) groups is 1. The number of aromatic nitrogens is 9. The van der Waals surface area contributed by atoms with Crippen LogP contribution in [0.25, 0.3) is 22.9 Å². The zero-order valence-electron chi connectivity index (χ0n) is 15.4. The van der Waals surface area contributed by atoms with Crippen LogP contribution in [0.2, 0.25) is 15.1 Å². The molecule has 0 spiro atoms. The SMILES string of the molecule is CC(=O)Cn1nnc(-c2cnc(-c3cn(Cc4cc(Cl)c(Cl)c(Cl)c4)nn3)nc2)n1. The molecule has 0 aliphatic carbocycles. The second kappa shape index (κ2) is 8.42. The first-order valence-electron chi connectivity index (χ1n) is 8.52. The molecule has 0 fully saturated rings. The highest BCUT2D eigenvalue weighted by Crippen LogP contribution is 2.31. The van der Waals surface area contributed by atoms with Crippen molar-refractivity contribution < 1.29 is 4.79 Å². The minimum absolute atomic E-state index is 0.0547. The monoisotopic (exact) mass is 463 g/mol. The predicted octanol–water partition coefficient (Wildman–Crippen LogP) is 2.99. The molecule has 152 valence electrons. The minimum Gasteiger partial charge on any atom is -0.298 e. The van der Waals surface area contributed by atoms with Gasteiger partial charge in [-0.1, -0.05) is 40.0 Å². The molecule has 13 heteroatoms. The number of nitrogens with zero attached hydrogens (tertiary/aromatic N) is 9. The summed E-state index contributed by atoms with van der Waals surface area (Å²) in [7, 11) is 0. The summed E-state index contributed by atoms with van der Waals surface area (Å²) in [5.41, 5.74) is 1.87. The number of hydrogen-bond donors (Lipinski definition) is 0. The predicted molar refractivity (Wildman–Crippen MR) is 109 cm³/mol. The van der Waals surface area contributed by atoms with E-state index in [0.29, 0.717) is 44.5 Å². The molecule has 0 amide bonds. The van der Waals surface area contributed by atoms with Crippen LogP contribution < -0.4 is 0 Å². The molecular formula is C17H12Cl3N9O. The highest BCUT2D eigenvalue weighted by Gasteiger charge is 2.12. The molecule has 4 aromatic rings. The van der Waals surface area contributed by atoms with Crippen LogP contribution in [0.4, 0.5) is 0 Å². The van der Waals surface area contributed by atoms with Gasteiger partial charge in [0, 0.05) is 12.4 Å². The van der Waals surface area contributed by atoms with Gasteiger partial charge in [0.2, 0.25) is 5.82 Å². The Hall–Kier alpha value is -2.95. The van der Waals surface area contributed by atoms with Crippen molar-refractivity contribution in [3.05, 3.63) is 51.4 Å². The highest BCUT2D eigenvalue weighted by atomic mass is 35.5. The number of ketones is 1. The maximum Gasteiger partial charge on any atom is 0.208 e. The zero-order valence-corrected chi connectivity index (χ0v) is 17.6. The summed E-state index contributed by atoms with van der Waals surface area (Å²) in [5.74, 6) is 0.632. The van der Waals surface area contributed by atoms with E-state index in [1.165, 1.54) is 11.7 Å². The van der Waals surface area contributed by atoms with E-state index in [4.69, 9.17) is 34.8 Å². The Morgan fingerprint density at radius 2 is 1.70 bits per heavy atom. The second-order valence-corrected chi connectivity index (χ2v) is 7.51. The number of tetrazole rings is 1. The first kappa shape index (κ1) is 20.3. The largest absolute Gasteiger partial charge is 0.298 e. The van der Waals surface area contributed by atoms with E-state index in [9.17, 15) is 4.79 Å². The van der Waals surface area contributed by atoms with E-state index < -0.39 is 0 Å². The summed E-state index contributed by atoms with van der Waals surface area (Å²) < 4.78 is 1.61. The summed E-state index contributed by atoms with van der Waals surface area (Å²) in [5, 5.41) is 21.1. The summed E-state index contributed by atoms with van der Waals surface area (Å²) in [6.45, 7) is 1.90. The van der Waals surface area contributed by atoms with Crippen LogP contribution in [0.3, 0.4) is 0 Å². The third-order valence-electron chi connectivity index (χ3n) is 3.88. The third kappa shape index (κ3) is 4.45. The Kier molecular flexibility index (Phi) is 5.71. The van der Waals surface area contributed by atoms with E-state index >= 15 is 0 Å². The smallest absolute Gasteiger partial charge is 0.208 e. The van der Waals surface area contributed by atoms with Crippen molar-refractivity contribution in [2.24, 2.45) is 0 Å². The van der Waals surface area contributed by atoms with Gasteiger partial charge in [-0.2, -0.15) is 4.80 Å². The molecule has 0 N–H and O–H groups in total. The average molecular weight is 465 g/mol. The Labute approximate surface area is 184 Å². The number of carbonyl (C=O) groups excluding carboxylic acids is 1. The fraction of sp³-hybridized carbons (Fsp3) is 0.176. The molecule has 0 atom stereocenters. The van der Waals surface area contributed by atoms with Crippen molar-refractivity contribution in [1.29, 1.82) is 0 Å². The summed E-state index contributed by atoms with van der Waals surface area (Å²) >= 11 is 18.1. The van der Waals surface area contributed by atoms with Gasteiger partial charge < -0.3 is 0 Å². The van der Waals surface area contributed by atoms with Crippen LogP contribution in [0.5, 0.6) is 0 Å². The van der Waals surface area contributed by atoms with Gasteiger partial charge in [-0.25, -0.2) is 14.6 Å².